The lowest BCUT2D eigenvalue weighted by Gasteiger charge is -2.29. The molecule has 1 aromatic carbocycles. The Bertz CT molecular complexity index is 475. The van der Waals surface area contributed by atoms with Crippen LogP contribution in [0.1, 0.15) is 36.0 Å². The van der Waals surface area contributed by atoms with E-state index < -0.39 is 0 Å². The Morgan fingerprint density at radius 1 is 1.40 bits per heavy atom. The Hall–Kier alpha value is -1.75. The number of aliphatic hydroxyl groups is 1. The minimum atomic E-state index is -0.230. The fraction of sp³-hybridized carbons (Fsp3) is 0.533. The molecule has 0 aliphatic carbocycles. The van der Waals surface area contributed by atoms with Crippen LogP contribution in [-0.4, -0.2) is 47.3 Å². The lowest BCUT2D eigenvalue weighted by atomic mass is 10.1. The van der Waals surface area contributed by atoms with Gasteiger partial charge in [0.1, 0.15) is 11.5 Å². The van der Waals surface area contributed by atoms with Crippen LogP contribution >= 0.6 is 0 Å². The van der Waals surface area contributed by atoms with Gasteiger partial charge in [-0.1, -0.05) is 12.8 Å². The lowest BCUT2D eigenvalue weighted by molar-refractivity contribution is 0.0597. The molecule has 2 N–H and O–H groups in total. The monoisotopic (exact) mass is 279 g/mol. The molecule has 5 heteroatoms. The van der Waals surface area contributed by atoms with Crippen molar-refractivity contribution in [1.82, 2.24) is 4.90 Å². The quantitative estimate of drug-likeness (QED) is 0.885. The average molecular weight is 279 g/mol. The van der Waals surface area contributed by atoms with E-state index in [1.165, 1.54) is 13.2 Å². The zero-order chi connectivity index (χ0) is 14.5. The molecule has 0 radical (unpaired) electrons. The first kappa shape index (κ1) is 14.7. The molecule has 0 saturated carbocycles. The van der Waals surface area contributed by atoms with Crippen molar-refractivity contribution in [2.75, 3.05) is 20.3 Å². The van der Waals surface area contributed by atoms with Crippen molar-refractivity contribution in [3.05, 3.63) is 23.8 Å². The van der Waals surface area contributed by atoms with Crippen molar-refractivity contribution >= 4 is 5.91 Å². The van der Waals surface area contributed by atoms with Gasteiger partial charge in [0.15, 0.2) is 0 Å². The van der Waals surface area contributed by atoms with Crippen LogP contribution in [0, 0.1) is 0 Å². The fourth-order valence-electron chi connectivity index (χ4n) is 2.61. The molecular weight excluding hydrogens is 258 g/mol. The third kappa shape index (κ3) is 3.04. The number of phenols is 1. The molecule has 1 aliphatic rings. The number of carbonyl (C=O) groups excluding carboxylic acids is 1. The van der Waals surface area contributed by atoms with Crippen molar-refractivity contribution in [3.63, 3.8) is 0 Å². The van der Waals surface area contributed by atoms with Gasteiger partial charge in [0.25, 0.3) is 5.91 Å². The fourth-order valence-corrected chi connectivity index (χ4v) is 2.61. The average Bonchev–Trinajstić information content (AvgIpc) is 2.71. The van der Waals surface area contributed by atoms with E-state index in [4.69, 9.17) is 4.74 Å². The molecule has 1 atom stereocenters. The number of carbonyl (C=O) groups is 1. The largest absolute Gasteiger partial charge is 0.507 e. The van der Waals surface area contributed by atoms with Gasteiger partial charge >= 0.3 is 0 Å². The second-order valence-corrected chi connectivity index (χ2v) is 5.07. The Kier molecular flexibility index (Phi) is 4.84. The summed E-state index contributed by atoms with van der Waals surface area (Å²) in [6.45, 7) is 0.582. The van der Waals surface area contributed by atoms with Gasteiger partial charge in [-0.3, -0.25) is 4.79 Å². The summed E-state index contributed by atoms with van der Waals surface area (Å²) >= 11 is 0. The van der Waals surface area contributed by atoms with E-state index in [0.29, 0.717) is 12.3 Å². The van der Waals surface area contributed by atoms with E-state index >= 15 is 0 Å². The van der Waals surface area contributed by atoms with E-state index in [1.54, 1.807) is 17.0 Å². The predicted octanol–water partition coefficient (Wildman–Crippen LogP) is 1.78. The summed E-state index contributed by atoms with van der Waals surface area (Å²) in [6, 6.07) is 4.49. The topological polar surface area (TPSA) is 70.0 Å². The van der Waals surface area contributed by atoms with Crippen molar-refractivity contribution in [2.45, 2.75) is 31.7 Å². The van der Waals surface area contributed by atoms with Gasteiger partial charge in [0, 0.05) is 12.6 Å². The Balaban J connectivity index is 2.24. The van der Waals surface area contributed by atoms with Crippen molar-refractivity contribution in [2.24, 2.45) is 0 Å². The number of aliphatic hydroxyl groups excluding tert-OH is 1. The summed E-state index contributed by atoms with van der Waals surface area (Å²) in [5.74, 6) is 0.190. The molecule has 2 rings (SSSR count). The number of ether oxygens (including phenoxy) is 1. The number of benzene rings is 1. The molecule has 110 valence electrons. The summed E-state index contributed by atoms with van der Waals surface area (Å²) < 4.78 is 5.01. The molecule has 5 nitrogen and oxygen atoms in total. The van der Waals surface area contributed by atoms with Crippen LogP contribution < -0.4 is 4.74 Å². The van der Waals surface area contributed by atoms with Gasteiger partial charge < -0.3 is 19.8 Å². The molecule has 1 amide bonds. The van der Waals surface area contributed by atoms with Crippen LogP contribution in [0.5, 0.6) is 11.5 Å². The van der Waals surface area contributed by atoms with Crippen LogP contribution in [0.2, 0.25) is 0 Å². The van der Waals surface area contributed by atoms with Gasteiger partial charge in [-0.05, 0) is 25.0 Å². The molecule has 1 fully saturated rings. The predicted molar refractivity (Wildman–Crippen MR) is 75.0 cm³/mol. The number of nitrogens with zero attached hydrogens (tertiary/aromatic N) is 1. The first-order valence-corrected chi connectivity index (χ1v) is 6.96. The third-order valence-electron chi connectivity index (χ3n) is 3.78. The molecule has 20 heavy (non-hydrogen) atoms. The second-order valence-electron chi connectivity index (χ2n) is 5.07. The molecule has 1 saturated heterocycles. The highest BCUT2D eigenvalue weighted by atomic mass is 16.5. The Morgan fingerprint density at radius 2 is 2.20 bits per heavy atom. The maximum Gasteiger partial charge on any atom is 0.257 e. The minimum absolute atomic E-state index is 0.0390. The molecule has 0 aromatic heterocycles. The standard InChI is InChI=1S/C15H21NO4/c1-20-12-6-7-13(14(18)9-12)15(19)16-8-4-2-3-5-11(16)10-17/h6-7,9,11,17-18H,2-5,8,10H2,1H3. The number of hydrogen-bond donors (Lipinski definition) is 2. The number of phenolic OH excluding ortho intramolecular Hbond substituents is 1. The van der Waals surface area contributed by atoms with Gasteiger partial charge in [0.2, 0.25) is 0 Å². The van der Waals surface area contributed by atoms with Crippen LogP contribution in [-0.2, 0) is 0 Å². The summed E-state index contributed by atoms with van der Waals surface area (Å²) in [5, 5.41) is 19.4. The molecule has 1 aliphatic heterocycles. The van der Waals surface area contributed by atoms with Gasteiger partial charge in [0.05, 0.1) is 25.3 Å². The summed E-state index contributed by atoms with van der Waals surface area (Å²) in [5.41, 5.74) is 0.256. The van der Waals surface area contributed by atoms with Gasteiger partial charge in [-0.2, -0.15) is 0 Å². The van der Waals surface area contributed by atoms with Crippen LogP contribution in [0.3, 0.4) is 0 Å². The van der Waals surface area contributed by atoms with E-state index in [0.717, 1.165) is 25.7 Å². The third-order valence-corrected chi connectivity index (χ3v) is 3.78. The highest BCUT2D eigenvalue weighted by Gasteiger charge is 2.27. The number of rotatable bonds is 3. The zero-order valence-electron chi connectivity index (χ0n) is 11.7. The van der Waals surface area contributed by atoms with E-state index in [1.807, 2.05) is 0 Å². The molecule has 1 aromatic rings. The number of amides is 1. The molecule has 0 spiro atoms. The van der Waals surface area contributed by atoms with Crippen LogP contribution in [0.4, 0.5) is 0 Å². The highest BCUT2D eigenvalue weighted by Crippen LogP contribution is 2.27. The Morgan fingerprint density at radius 3 is 2.85 bits per heavy atom. The number of hydrogen-bond acceptors (Lipinski definition) is 4. The van der Waals surface area contributed by atoms with Crippen LogP contribution in [0.25, 0.3) is 0 Å². The van der Waals surface area contributed by atoms with E-state index in [9.17, 15) is 15.0 Å². The van der Waals surface area contributed by atoms with E-state index in [2.05, 4.69) is 0 Å². The smallest absolute Gasteiger partial charge is 0.257 e. The summed E-state index contributed by atoms with van der Waals surface area (Å²) in [4.78, 5) is 14.2. The number of aromatic hydroxyl groups is 1. The lowest BCUT2D eigenvalue weighted by Crippen LogP contribution is -2.42. The van der Waals surface area contributed by atoms with Crippen LogP contribution in [0.15, 0.2) is 18.2 Å². The SMILES string of the molecule is COc1ccc(C(=O)N2CCCCCC2CO)c(O)c1. The number of methoxy groups -OCH3 is 1. The van der Waals surface area contributed by atoms with E-state index in [-0.39, 0.29) is 29.9 Å². The summed E-state index contributed by atoms with van der Waals surface area (Å²) in [7, 11) is 1.51. The number of likely N-dealkylation sites (tertiary alicyclic amines) is 1. The summed E-state index contributed by atoms with van der Waals surface area (Å²) in [6.07, 6.45) is 3.82. The highest BCUT2D eigenvalue weighted by molar-refractivity contribution is 5.97. The zero-order valence-corrected chi connectivity index (χ0v) is 11.7. The molecule has 1 heterocycles. The van der Waals surface area contributed by atoms with Crippen molar-refractivity contribution in [1.29, 1.82) is 0 Å². The van der Waals surface area contributed by atoms with Crippen molar-refractivity contribution < 1.29 is 19.7 Å². The molecule has 1 unspecified atom stereocenters. The van der Waals surface area contributed by atoms with Gasteiger partial charge in [-0.25, -0.2) is 0 Å². The second kappa shape index (κ2) is 6.61. The molecular formula is C15H21NO4. The van der Waals surface area contributed by atoms with Gasteiger partial charge in [-0.15, -0.1) is 0 Å². The Labute approximate surface area is 118 Å². The first-order chi connectivity index (χ1) is 9.67. The maximum absolute atomic E-state index is 12.6. The van der Waals surface area contributed by atoms with Crippen molar-refractivity contribution in [3.8, 4) is 11.5 Å². The first-order valence-electron chi connectivity index (χ1n) is 6.96. The maximum atomic E-state index is 12.6. The minimum Gasteiger partial charge on any atom is -0.507 e. The normalized spacial score (nSPS) is 19.5. The molecule has 0 bridgehead atoms.